The monoisotopic (exact) mass is 418 g/mol. The first-order valence-corrected chi connectivity index (χ1v) is 10.7. The normalized spacial score (nSPS) is 24.7. The van der Waals surface area contributed by atoms with Crippen molar-refractivity contribution < 1.29 is 23.8 Å². The van der Waals surface area contributed by atoms with E-state index in [-0.39, 0.29) is 17.9 Å². The number of carbonyl (C=O) groups is 2. The summed E-state index contributed by atoms with van der Waals surface area (Å²) in [7, 11) is 1.66. The van der Waals surface area contributed by atoms with Gasteiger partial charge in [-0.15, -0.1) is 0 Å². The van der Waals surface area contributed by atoms with Gasteiger partial charge in [0, 0.05) is 51.3 Å². The van der Waals surface area contributed by atoms with E-state index < -0.39 is 23.8 Å². The van der Waals surface area contributed by atoms with E-state index in [0.29, 0.717) is 13.0 Å². The molecule has 7 heteroatoms. The Hall–Kier alpha value is -2.28. The largest absolute Gasteiger partial charge is 0.497 e. The predicted octanol–water partition coefficient (Wildman–Crippen LogP) is 3.07. The van der Waals surface area contributed by atoms with Crippen molar-refractivity contribution in [2.45, 2.75) is 59.0 Å². The Morgan fingerprint density at radius 2 is 2.03 bits per heavy atom. The van der Waals surface area contributed by atoms with Gasteiger partial charge in [0.1, 0.15) is 5.75 Å². The van der Waals surface area contributed by atoms with Crippen LogP contribution in [0, 0.1) is 11.8 Å². The van der Waals surface area contributed by atoms with Gasteiger partial charge in [0.15, 0.2) is 6.10 Å². The molecule has 3 rings (SSSR count). The van der Waals surface area contributed by atoms with E-state index in [4.69, 9.17) is 14.2 Å². The van der Waals surface area contributed by atoms with Gasteiger partial charge in [-0.3, -0.25) is 4.79 Å². The third-order valence-corrected chi connectivity index (χ3v) is 5.73. The molecule has 0 unspecified atom stereocenters. The van der Waals surface area contributed by atoms with Crippen LogP contribution in [0.15, 0.2) is 24.3 Å². The predicted molar refractivity (Wildman–Crippen MR) is 114 cm³/mol. The average molecular weight is 419 g/mol. The van der Waals surface area contributed by atoms with Crippen molar-refractivity contribution in [3.8, 4) is 5.75 Å². The second-order valence-corrected chi connectivity index (χ2v) is 9.12. The number of benzene rings is 1. The second-order valence-electron chi connectivity index (χ2n) is 9.12. The maximum absolute atomic E-state index is 13.5. The first kappa shape index (κ1) is 22.4. The molecule has 1 aromatic rings. The molecule has 2 heterocycles. The number of rotatable bonds is 6. The molecule has 2 saturated heterocycles. The van der Waals surface area contributed by atoms with Gasteiger partial charge in [-0.2, -0.15) is 0 Å². The summed E-state index contributed by atoms with van der Waals surface area (Å²) in [4.78, 5) is 30.1. The molecule has 2 fully saturated rings. The molecule has 1 aromatic carbocycles. The Morgan fingerprint density at radius 1 is 1.30 bits per heavy atom. The minimum Gasteiger partial charge on any atom is -0.497 e. The van der Waals surface area contributed by atoms with E-state index in [1.165, 1.54) is 0 Å². The van der Waals surface area contributed by atoms with Crippen molar-refractivity contribution >= 4 is 17.6 Å². The molecule has 3 atom stereocenters. The van der Waals surface area contributed by atoms with Crippen molar-refractivity contribution in [3.63, 3.8) is 0 Å². The number of hydrogen-bond donors (Lipinski definition) is 0. The van der Waals surface area contributed by atoms with Crippen LogP contribution in [-0.4, -0.2) is 61.5 Å². The fourth-order valence-electron chi connectivity index (χ4n) is 4.33. The van der Waals surface area contributed by atoms with Crippen LogP contribution in [0.5, 0.6) is 5.75 Å². The fraction of sp³-hybridized carbons (Fsp3) is 0.652. The Morgan fingerprint density at radius 3 is 2.60 bits per heavy atom. The fourth-order valence-corrected chi connectivity index (χ4v) is 4.33. The standard InChI is InChI=1S/C23H34N2O5/c1-15(2)12-19(20-22(27)30-23(4,5)29-20)21(26)25-11-10-24(14-16(25)3)17-8-7-9-18(13-17)28-6/h7-9,13,15-16,19-20H,10-12,14H2,1-6H3/t16-,19+,20+/m1/s1. The molecule has 0 bridgehead atoms. The minimum absolute atomic E-state index is 0.0116. The van der Waals surface area contributed by atoms with Gasteiger partial charge in [-0.05, 0) is 31.4 Å². The van der Waals surface area contributed by atoms with Crippen LogP contribution >= 0.6 is 0 Å². The quantitative estimate of drug-likeness (QED) is 0.662. The average Bonchev–Trinajstić information content (AvgIpc) is 2.97. The SMILES string of the molecule is COc1cccc(N2CCN(C(=O)[C@@H](CC(C)C)[C@@H]3OC(C)(C)OC3=O)[C@H](C)C2)c1. The Bertz CT molecular complexity index is 779. The highest BCUT2D eigenvalue weighted by molar-refractivity contribution is 5.88. The molecular weight excluding hydrogens is 384 g/mol. The molecule has 2 aliphatic heterocycles. The van der Waals surface area contributed by atoms with Gasteiger partial charge in [0.25, 0.3) is 0 Å². The summed E-state index contributed by atoms with van der Waals surface area (Å²) in [6.07, 6.45) is -0.268. The number of hydrogen-bond acceptors (Lipinski definition) is 6. The number of piperazine rings is 1. The van der Waals surface area contributed by atoms with Crippen LogP contribution in [0.25, 0.3) is 0 Å². The molecule has 0 aromatic heterocycles. The summed E-state index contributed by atoms with van der Waals surface area (Å²) < 4.78 is 16.5. The van der Waals surface area contributed by atoms with Gasteiger partial charge >= 0.3 is 5.97 Å². The van der Waals surface area contributed by atoms with Crippen LogP contribution in [0.4, 0.5) is 5.69 Å². The summed E-state index contributed by atoms with van der Waals surface area (Å²) >= 11 is 0. The highest BCUT2D eigenvalue weighted by Crippen LogP contribution is 2.33. The number of anilines is 1. The van der Waals surface area contributed by atoms with E-state index >= 15 is 0 Å². The van der Waals surface area contributed by atoms with Crippen LogP contribution in [-0.2, 0) is 19.1 Å². The Kier molecular flexibility index (Phi) is 6.60. The van der Waals surface area contributed by atoms with Crippen LogP contribution in [0.2, 0.25) is 0 Å². The Balaban J connectivity index is 1.73. The number of carbonyl (C=O) groups excluding carboxylic acids is 2. The topological polar surface area (TPSA) is 68.3 Å². The highest BCUT2D eigenvalue weighted by Gasteiger charge is 2.49. The summed E-state index contributed by atoms with van der Waals surface area (Å²) in [5, 5.41) is 0. The lowest BCUT2D eigenvalue weighted by molar-refractivity contribution is -0.163. The first-order chi connectivity index (χ1) is 14.1. The number of amides is 1. The first-order valence-electron chi connectivity index (χ1n) is 10.7. The molecule has 7 nitrogen and oxygen atoms in total. The van der Waals surface area contributed by atoms with Crippen molar-refractivity contribution in [1.82, 2.24) is 4.90 Å². The van der Waals surface area contributed by atoms with Crippen LogP contribution < -0.4 is 9.64 Å². The molecule has 30 heavy (non-hydrogen) atoms. The van der Waals surface area contributed by atoms with Gasteiger partial charge < -0.3 is 24.0 Å². The maximum Gasteiger partial charge on any atom is 0.338 e. The lowest BCUT2D eigenvalue weighted by Gasteiger charge is -2.42. The van der Waals surface area contributed by atoms with Gasteiger partial charge in [-0.1, -0.05) is 19.9 Å². The maximum atomic E-state index is 13.5. The zero-order valence-electron chi connectivity index (χ0n) is 18.9. The molecule has 0 spiro atoms. The molecule has 0 N–H and O–H groups in total. The molecule has 0 radical (unpaired) electrons. The van der Waals surface area contributed by atoms with E-state index in [0.717, 1.165) is 24.5 Å². The zero-order chi connectivity index (χ0) is 22.1. The van der Waals surface area contributed by atoms with Crippen LogP contribution in [0.1, 0.15) is 41.0 Å². The number of esters is 1. The van der Waals surface area contributed by atoms with Crippen LogP contribution in [0.3, 0.4) is 0 Å². The lowest BCUT2D eigenvalue weighted by atomic mass is 9.90. The smallest absolute Gasteiger partial charge is 0.338 e. The zero-order valence-corrected chi connectivity index (χ0v) is 18.9. The molecule has 0 aliphatic carbocycles. The molecular formula is C23H34N2O5. The summed E-state index contributed by atoms with van der Waals surface area (Å²) in [5.41, 5.74) is 1.08. The third-order valence-electron chi connectivity index (χ3n) is 5.73. The molecule has 1 amide bonds. The van der Waals surface area contributed by atoms with E-state index in [1.807, 2.05) is 23.1 Å². The number of methoxy groups -OCH3 is 1. The molecule has 166 valence electrons. The summed E-state index contributed by atoms with van der Waals surface area (Å²) in [6, 6.07) is 7.97. The number of cyclic esters (lactones) is 1. The highest BCUT2D eigenvalue weighted by atomic mass is 16.8. The van der Waals surface area contributed by atoms with E-state index in [9.17, 15) is 9.59 Å². The van der Waals surface area contributed by atoms with Gasteiger partial charge in [-0.25, -0.2) is 4.79 Å². The molecule has 2 aliphatic rings. The third kappa shape index (κ3) is 4.89. The van der Waals surface area contributed by atoms with Crippen molar-refractivity contribution in [2.75, 3.05) is 31.6 Å². The number of nitrogens with zero attached hydrogens (tertiary/aromatic N) is 2. The lowest BCUT2D eigenvalue weighted by Crippen LogP contribution is -2.57. The van der Waals surface area contributed by atoms with Gasteiger partial charge in [0.05, 0.1) is 13.0 Å². The van der Waals surface area contributed by atoms with Gasteiger partial charge in [0.2, 0.25) is 11.7 Å². The van der Waals surface area contributed by atoms with E-state index in [1.54, 1.807) is 21.0 Å². The van der Waals surface area contributed by atoms with Crippen molar-refractivity contribution in [2.24, 2.45) is 11.8 Å². The summed E-state index contributed by atoms with van der Waals surface area (Å²) in [6.45, 7) is 11.6. The minimum atomic E-state index is -0.992. The Labute approximate surface area is 179 Å². The second kappa shape index (κ2) is 8.84. The van der Waals surface area contributed by atoms with E-state index in [2.05, 4.69) is 31.7 Å². The van der Waals surface area contributed by atoms with Crippen molar-refractivity contribution in [3.05, 3.63) is 24.3 Å². The number of ether oxygens (including phenoxy) is 3. The summed E-state index contributed by atoms with van der Waals surface area (Å²) in [5.74, 6) is -0.927. The van der Waals surface area contributed by atoms with Crippen molar-refractivity contribution in [1.29, 1.82) is 0 Å². The molecule has 0 saturated carbocycles.